The van der Waals surface area contributed by atoms with Crippen molar-refractivity contribution in [1.82, 2.24) is 0 Å². The van der Waals surface area contributed by atoms with Crippen molar-refractivity contribution in [1.29, 1.82) is 0 Å². The number of halogens is 2. The van der Waals surface area contributed by atoms with E-state index in [0.29, 0.717) is 5.56 Å². The van der Waals surface area contributed by atoms with Crippen molar-refractivity contribution in [2.75, 3.05) is 4.72 Å². The van der Waals surface area contributed by atoms with Crippen LogP contribution in [0.2, 0.25) is 5.02 Å². The zero-order valence-corrected chi connectivity index (χ0v) is 12.9. The Morgan fingerprint density at radius 3 is 2.33 bits per heavy atom. The summed E-state index contributed by atoms with van der Waals surface area (Å²) in [5.41, 5.74) is 6.08. The summed E-state index contributed by atoms with van der Waals surface area (Å²) >= 11 is 10.3. The van der Waals surface area contributed by atoms with Crippen molar-refractivity contribution >= 4 is 44.5 Å². The normalized spacial score (nSPS) is 11.1. The third kappa shape index (κ3) is 3.69. The smallest absolute Gasteiger partial charge is 0.261 e. The number of rotatable bonds is 4. The Bertz CT molecular complexity index is 792. The van der Waals surface area contributed by atoms with Crippen molar-refractivity contribution in [3.05, 3.63) is 58.9 Å². The Labute approximate surface area is 131 Å². The van der Waals surface area contributed by atoms with E-state index in [2.05, 4.69) is 4.72 Å². The molecule has 110 valence electrons. The third-order valence-corrected chi connectivity index (χ3v) is 4.56. The van der Waals surface area contributed by atoms with Gasteiger partial charge in [-0.3, -0.25) is 4.72 Å². The van der Waals surface area contributed by atoms with Gasteiger partial charge in [-0.15, -0.1) is 0 Å². The second-order valence-corrected chi connectivity index (χ2v) is 6.65. The Morgan fingerprint density at radius 1 is 1.19 bits per heavy atom. The molecule has 0 heterocycles. The van der Waals surface area contributed by atoms with Gasteiger partial charge in [0.1, 0.15) is 10.8 Å². The monoisotopic (exact) mass is 344 g/mol. The largest absolute Gasteiger partial charge is 0.389 e. The average Bonchev–Trinajstić information content (AvgIpc) is 2.43. The lowest BCUT2D eigenvalue weighted by Gasteiger charge is -2.09. The number of hydrogen-bond donors (Lipinski definition) is 2. The summed E-state index contributed by atoms with van der Waals surface area (Å²) in [6.45, 7) is 0. The fourth-order valence-corrected chi connectivity index (χ4v) is 2.88. The molecule has 0 amide bonds. The van der Waals surface area contributed by atoms with Crippen LogP contribution in [0.1, 0.15) is 5.56 Å². The minimum atomic E-state index is -3.83. The average molecular weight is 345 g/mol. The van der Waals surface area contributed by atoms with Crippen LogP contribution in [0.15, 0.2) is 47.4 Å². The molecule has 0 unspecified atom stereocenters. The SMILES string of the molecule is NC(=S)c1ccc(S(=O)(=O)Nc2ccc(Cl)c(F)c2)cc1. The molecule has 3 N–H and O–H groups in total. The molecule has 8 heteroatoms. The van der Waals surface area contributed by atoms with Gasteiger partial charge in [-0.05, 0) is 30.3 Å². The van der Waals surface area contributed by atoms with E-state index in [1.54, 1.807) is 0 Å². The van der Waals surface area contributed by atoms with Gasteiger partial charge in [-0.1, -0.05) is 36.0 Å². The highest BCUT2D eigenvalue weighted by Crippen LogP contribution is 2.21. The van der Waals surface area contributed by atoms with Gasteiger partial charge in [0.05, 0.1) is 15.6 Å². The summed E-state index contributed by atoms with van der Waals surface area (Å²) in [4.78, 5) is 0.185. The van der Waals surface area contributed by atoms with E-state index in [-0.39, 0.29) is 20.6 Å². The Balaban J connectivity index is 2.29. The molecular formula is C13H10ClFN2O2S2. The van der Waals surface area contributed by atoms with Crippen LogP contribution in [0.4, 0.5) is 10.1 Å². The second-order valence-electron chi connectivity index (χ2n) is 4.12. The number of sulfonamides is 1. The predicted octanol–water partition coefficient (Wildman–Crippen LogP) is 2.91. The van der Waals surface area contributed by atoms with Crippen LogP contribution < -0.4 is 10.5 Å². The molecule has 0 atom stereocenters. The maximum absolute atomic E-state index is 13.3. The molecular weight excluding hydrogens is 335 g/mol. The molecule has 0 aliphatic carbocycles. The van der Waals surface area contributed by atoms with Gasteiger partial charge in [0.25, 0.3) is 10.0 Å². The topological polar surface area (TPSA) is 72.2 Å². The van der Waals surface area contributed by atoms with E-state index in [9.17, 15) is 12.8 Å². The molecule has 0 aliphatic heterocycles. The summed E-state index contributed by atoms with van der Waals surface area (Å²) in [7, 11) is -3.83. The highest BCUT2D eigenvalue weighted by Gasteiger charge is 2.15. The van der Waals surface area contributed by atoms with Crippen LogP contribution in [-0.2, 0) is 10.0 Å². The summed E-state index contributed by atoms with van der Waals surface area (Å²) in [6.07, 6.45) is 0. The van der Waals surface area contributed by atoms with E-state index in [1.165, 1.54) is 36.4 Å². The summed E-state index contributed by atoms with van der Waals surface area (Å²) in [6, 6.07) is 9.37. The minimum absolute atomic E-state index is 0.0119. The summed E-state index contributed by atoms with van der Waals surface area (Å²) in [5.74, 6) is -0.708. The molecule has 4 nitrogen and oxygen atoms in total. The standard InChI is InChI=1S/C13H10ClFN2O2S2/c14-11-6-3-9(7-12(11)15)17-21(18,19)10-4-1-8(2-5-10)13(16)20/h1-7,17H,(H2,16,20). The molecule has 2 aromatic carbocycles. The zero-order valence-electron chi connectivity index (χ0n) is 10.5. The Morgan fingerprint density at radius 2 is 1.81 bits per heavy atom. The summed E-state index contributed by atoms with van der Waals surface area (Å²) < 4.78 is 39.9. The minimum Gasteiger partial charge on any atom is -0.389 e. The maximum Gasteiger partial charge on any atom is 0.261 e. The molecule has 21 heavy (non-hydrogen) atoms. The fourth-order valence-electron chi connectivity index (χ4n) is 1.57. The van der Waals surface area contributed by atoms with Crippen LogP contribution in [0.25, 0.3) is 0 Å². The predicted molar refractivity (Wildman–Crippen MR) is 84.5 cm³/mol. The van der Waals surface area contributed by atoms with Crippen molar-refractivity contribution in [3.63, 3.8) is 0 Å². The lowest BCUT2D eigenvalue weighted by atomic mass is 10.2. The number of thiocarbonyl (C=S) groups is 1. The molecule has 0 aliphatic rings. The first kappa shape index (κ1) is 15.7. The van der Waals surface area contributed by atoms with Gasteiger partial charge in [-0.25, -0.2) is 12.8 Å². The number of hydrogen-bond acceptors (Lipinski definition) is 3. The highest BCUT2D eigenvalue weighted by molar-refractivity contribution is 7.92. The third-order valence-electron chi connectivity index (χ3n) is 2.62. The number of anilines is 1. The van der Waals surface area contributed by atoms with Crippen molar-refractivity contribution in [3.8, 4) is 0 Å². The molecule has 0 spiro atoms. The van der Waals surface area contributed by atoms with E-state index >= 15 is 0 Å². The van der Waals surface area contributed by atoms with E-state index in [4.69, 9.17) is 29.6 Å². The van der Waals surface area contributed by atoms with Crippen molar-refractivity contribution < 1.29 is 12.8 Å². The van der Waals surface area contributed by atoms with Gasteiger partial charge in [0, 0.05) is 5.56 Å². The number of nitrogens with one attached hydrogen (secondary N) is 1. The lowest BCUT2D eigenvalue weighted by Crippen LogP contribution is -2.14. The number of nitrogens with two attached hydrogens (primary N) is 1. The zero-order chi connectivity index (χ0) is 15.6. The first-order valence-corrected chi connectivity index (χ1v) is 7.94. The van der Waals surface area contributed by atoms with Gasteiger partial charge in [0.2, 0.25) is 0 Å². The van der Waals surface area contributed by atoms with E-state index in [1.807, 2.05) is 0 Å². The Hall–Kier alpha value is -1.70. The van der Waals surface area contributed by atoms with Gasteiger partial charge in [0.15, 0.2) is 0 Å². The molecule has 0 radical (unpaired) electrons. The Kier molecular flexibility index (Phi) is 4.46. The second kappa shape index (κ2) is 5.97. The fraction of sp³-hybridized carbons (Fsp3) is 0. The first-order valence-electron chi connectivity index (χ1n) is 5.67. The maximum atomic E-state index is 13.3. The summed E-state index contributed by atoms with van der Waals surface area (Å²) in [5, 5.41) is -0.0845. The molecule has 2 rings (SSSR count). The van der Waals surface area contributed by atoms with Crippen LogP contribution in [0.3, 0.4) is 0 Å². The van der Waals surface area contributed by atoms with Crippen molar-refractivity contribution in [2.45, 2.75) is 4.90 Å². The molecule has 0 bridgehead atoms. The van der Waals surface area contributed by atoms with Crippen LogP contribution in [0, 0.1) is 5.82 Å². The lowest BCUT2D eigenvalue weighted by molar-refractivity contribution is 0.601. The van der Waals surface area contributed by atoms with Gasteiger partial charge < -0.3 is 5.73 Å². The van der Waals surface area contributed by atoms with E-state index in [0.717, 1.165) is 6.07 Å². The highest BCUT2D eigenvalue weighted by atomic mass is 35.5. The van der Waals surface area contributed by atoms with Crippen LogP contribution >= 0.6 is 23.8 Å². The van der Waals surface area contributed by atoms with Crippen molar-refractivity contribution in [2.24, 2.45) is 5.73 Å². The first-order chi connectivity index (χ1) is 9.79. The quantitative estimate of drug-likeness (QED) is 0.836. The molecule has 0 saturated carbocycles. The molecule has 0 aromatic heterocycles. The van der Waals surface area contributed by atoms with Gasteiger partial charge >= 0.3 is 0 Å². The molecule has 0 saturated heterocycles. The van der Waals surface area contributed by atoms with Gasteiger partial charge in [-0.2, -0.15) is 0 Å². The number of benzene rings is 2. The molecule has 0 fully saturated rings. The molecule has 2 aromatic rings. The van der Waals surface area contributed by atoms with Crippen LogP contribution in [-0.4, -0.2) is 13.4 Å². The van der Waals surface area contributed by atoms with E-state index < -0.39 is 15.8 Å². The van der Waals surface area contributed by atoms with Crippen LogP contribution in [0.5, 0.6) is 0 Å².